The van der Waals surface area contributed by atoms with Gasteiger partial charge in [0.15, 0.2) is 11.5 Å². The highest BCUT2D eigenvalue weighted by Crippen LogP contribution is 2.39. The molecule has 8 nitrogen and oxygen atoms in total. The van der Waals surface area contributed by atoms with Gasteiger partial charge in [-0.1, -0.05) is 0 Å². The topological polar surface area (TPSA) is 87.5 Å². The van der Waals surface area contributed by atoms with Crippen LogP contribution in [0.1, 0.15) is 52.9 Å². The number of thiophene rings is 1. The second-order valence-corrected chi connectivity index (χ2v) is 8.35. The molecular formula is C19H24N4O4S. The van der Waals surface area contributed by atoms with Gasteiger partial charge in [0.25, 0.3) is 5.91 Å². The van der Waals surface area contributed by atoms with Gasteiger partial charge in [-0.05, 0) is 25.7 Å². The molecular weight excluding hydrogens is 380 g/mol. The van der Waals surface area contributed by atoms with E-state index in [1.165, 1.54) is 11.3 Å². The molecule has 0 aromatic carbocycles. The fraction of sp³-hybridized carbons (Fsp3) is 0.632. The van der Waals surface area contributed by atoms with E-state index in [-0.39, 0.29) is 11.9 Å². The Morgan fingerprint density at radius 3 is 2.86 bits per heavy atom. The molecule has 1 atom stereocenters. The number of hydrogen-bond donors (Lipinski definition) is 1. The monoisotopic (exact) mass is 404 g/mol. The van der Waals surface area contributed by atoms with Crippen LogP contribution >= 0.6 is 11.3 Å². The quantitative estimate of drug-likeness (QED) is 0.843. The Morgan fingerprint density at radius 1 is 1.11 bits per heavy atom. The van der Waals surface area contributed by atoms with Gasteiger partial charge in [0.05, 0.1) is 0 Å². The molecule has 0 saturated carbocycles. The van der Waals surface area contributed by atoms with Crippen LogP contribution < -0.4 is 14.8 Å². The van der Waals surface area contributed by atoms with Crippen molar-refractivity contribution in [3.8, 4) is 11.5 Å². The van der Waals surface area contributed by atoms with Gasteiger partial charge < -0.3 is 24.1 Å². The first-order chi connectivity index (χ1) is 13.8. The summed E-state index contributed by atoms with van der Waals surface area (Å²) < 4.78 is 18.9. The number of aromatic nitrogens is 3. The van der Waals surface area contributed by atoms with Crippen molar-refractivity contribution in [2.24, 2.45) is 0 Å². The van der Waals surface area contributed by atoms with Crippen LogP contribution in [0.25, 0.3) is 0 Å². The van der Waals surface area contributed by atoms with Crippen LogP contribution in [0.3, 0.4) is 0 Å². The maximum absolute atomic E-state index is 12.8. The molecule has 1 amide bonds. The summed E-state index contributed by atoms with van der Waals surface area (Å²) in [6, 6.07) is 0.110. The molecule has 2 aromatic rings. The molecule has 5 rings (SSSR count). The number of carbonyl (C=O) groups excluding carboxylic acids is 1. The smallest absolute Gasteiger partial charge is 0.265 e. The molecule has 3 aliphatic heterocycles. The zero-order valence-electron chi connectivity index (χ0n) is 15.7. The summed E-state index contributed by atoms with van der Waals surface area (Å²) in [5.41, 5.74) is 0. The van der Waals surface area contributed by atoms with Crippen LogP contribution in [0, 0.1) is 0 Å². The van der Waals surface area contributed by atoms with Gasteiger partial charge in [-0.15, -0.1) is 21.5 Å². The highest BCUT2D eigenvalue weighted by Gasteiger charge is 2.28. The van der Waals surface area contributed by atoms with E-state index >= 15 is 0 Å². The summed E-state index contributed by atoms with van der Waals surface area (Å²) in [4.78, 5) is 13.4. The molecule has 0 bridgehead atoms. The third-order valence-corrected chi connectivity index (χ3v) is 6.64. The summed E-state index contributed by atoms with van der Waals surface area (Å²) in [5, 5.41) is 14.0. The average Bonchev–Trinajstić information content (AvgIpc) is 3.30. The Bertz CT molecular complexity index is 858. The lowest BCUT2D eigenvalue weighted by Crippen LogP contribution is -2.35. The number of carbonyl (C=O) groups is 1. The maximum atomic E-state index is 12.8. The number of fused-ring (bicyclic) bond motifs is 2. The molecule has 0 spiro atoms. The molecule has 9 heteroatoms. The summed E-state index contributed by atoms with van der Waals surface area (Å²) in [6.07, 6.45) is 4.57. The molecule has 1 saturated heterocycles. The van der Waals surface area contributed by atoms with Crippen LogP contribution in [0.4, 0.5) is 0 Å². The number of nitrogens with zero attached hydrogens (tertiary/aromatic N) is 3. The van der Waals surface area contributed by atoms with Crippen molar-refractivity contribution in [3.05, 3.63) is 21.9 Å². The van der Waals surface area contributed by atoms with Gasteiger partial charge in [-0.2, -0.15) is 0 Å². The molecule has 0 radical (unpaired) electrons. The predicted octanol–water partition coefficient (Wildman–Crippen LogP) is 2.14. The highest BCUT2D eigenvalue weighted by molar-refractivity contribution is 7.12. The van der Waals surface area contributed by atoms with Gasteiger partial charge in [-0.25, -0.2) is 0 Å². The summed E-state index contributed by atoms with van der Waals surface area (Å²) in [6.45, 7) is 3.44. The van der Waals surface area contributed by atoms with E-state index in [2.05, 4.69) is 20.1 Å². The van der Waals surface area contributed by atoms with Gasteiger partial charge in [0.1, 0.15) is 29.7 Å². The zero-order chi connectivity index (χ0) is 18.9. The lowest BCUT2D eigenvalue weighted by atomic mass is 9.99. The van der Waals surface area contributed by atoms with Gasteiger partial charge >= 0.3 is 0 Å². The van der Waals surface area contributed by atoms with Crippen molar-refractivity contribution >= 4 is 17.2 Å². The standard InChI is InChI=1S/C19H24N4O4S/c24-19(17-16-14(11-28-17)26-9-10-27-16)20-13-1-2-15-21-22-18(23(15)6-3-13)12-4-7-25-8-5-12/h11-13H,1-10H2,(H,20,24). The normalized spacial score (nSPS) is 22.4. The van der Waals surface area contributed by atoms with Crippen molar-refractivity contribution in [2.45, 2.75) is 50.6 Å². The Labute approximate surface area is 167 Å². The lowest BCUT2D eigenvalue weighted by Gasteiger charge is -2.22. The lowest BCUT2D eigenvalue weighted by molar-refractivity contribution is 0.0826. The number of aryl methyl sites for hydroxylation is 1. The second-order valence-electron chi connectivity index (χ2n) is 7.47. The SMILES string of the molecule is O=C(NC1CCc2nnc(C3CCOCC3)n2CC1)c1scc2c1OCCO2. The Morgan fingerprint density at radius 2 is 1.96 bits per heavy atom. The van der Waals surface area contributed by atoms with E-state index in [4.69, 9.17) is 14.2 Å². The molecule has 150 valence electrons. The van der Waals surface area contributed by atoms with Crippen molar-refractivity contribution in [1.29, 1.82) is 0 Å². The Hall–Kier alpha value is -2.13. The first kappa shape index (κ1) is 17.9. The Kier molecular flexibility index (Phi) is 4.94. The number of rotatable bonds is 3. The largest absolute Gasteiger partial charge is 0.485 e. The van der Waals surface area contributed by atoms with Crippen molar-refractivity contribution in [2.75, 3.05) is 26.4 Å². The molecule has 2 aromatic heterocycles. The minimum atomic E-state index is -0.0796. The third-order valence-electron chi connectivity index (χ3n) is 5.70. The van der Waals surface area contributed by atoms with Crippen molar-refractivity contribution in [3.63, 3.8) is 0 Å². The van der Waals surface area contributed by atoms with E-state index < -0.39 is 0 Å². The van der Waals surface area contributed by atoms with Crippen LogP contribution in [0.5, 0.6) is 11.5 Å². The molecule has 3 aliphatic rings. The van der Waals surface area contributed by atoms with Gasteiger partial charge in [0.2, 0.25) is 0 Å². The maximum Gasteiger partial charge on any atom is 0.265 e. The third kappa shape index (κ3) is 3.37. The van der Waals surface area contributed by atoms with E-state index in [1.807, 2.05) is 5.38 Å². The zero-order valence-corrected chi connectivity index (χ0v) is 16.5. The first-order valence-electron chi connectivity index (χ1n) is 9.97. The fourth-order valence-corrected chi connectivity index (χ4v) is 5.02. The van der Waals surface area contributed by atoms with Crippen LogP contribution in [-0.4, -0.2) is 53.1 Å². The molecule has 1 unspecified atom stereocenters. The van der Waals surface area contributed by atoms with E-state index in [9.17, 15) is 4.79 Å². The average molecular weight is 404 g/mol. The van der Waals surface area contributed by atoms with Gasteiger partial charge in [-0.3, -0.25) is 4.79 Å². The van der Waals surface area contributed by atoms with Crippen molar-refractivity contribution < 1.29 is 19.0 Å². The van der Waals surface area contributed by atoms with Crippen molar-refractivity contribution in [1.82, 2.24) is 20.1 Å². The van der Waals surface area contributed by atoms with Crippen LogP contribution in [0.2, 0.25) is 0 Å². The number of ether oxygens (including phenoxy) is 3. The van der Waals surface area contributed by atoms with E-state index in [0.29, 0.717) is 35.5 Å². The van der Waals surface area contributed by atoms with Crippen LogP contribution in [0.15, 0.2) is 5.38 Å². The minimum Gasteiger partial charge on any atom is -0.485 e. The molecule has 1 N–H and O–H groups in total. The second kappa shape index (κ2) is 7.71. The van der Waals surface area contributed by atoms with E-state index in [1.54, 1.807) is 0 Å². The number of nitrogens with one attached hydrogen (secondary N) is 1. The molecule has 0 aliphatic carbocycles. The summed E-state index contributed by atoms with van der Waals surface area (Å²) >= 11 is 1.38. The van der Waals surface area contributed by atoms with E-state index in [0.717, 1.165) is 63.5 Å². The summed E-state index contributed by atoms with van der Waals surface area (Å²) in [5.74, 6) is 3.72. The fourth-order valence-electron chi connectivity index (χ4n) is 4.18. The molecule has 1 fully saturated rings. The minimum absolute atomic E-state index is 0.0796. The first-order valence-corrected chi connectivity index (χ1v) is 10.8. The Balaban J connectivity index is 1.25. The van der Waals surface area contributed by atoms with Crippen LogP contribution in [-0.2, 0) is 17.7 Å². The number of hydrogen-bond acceptors (Lipinski definition) is 7. The summed E-state index contributed by atoms with van der Waals surface area (Å²) in [7, 11) is 0. The number of amides is 1. The molecule has 28 heavy (non-hydrogen) atoms. The van der Waals surface area contributed by atoms with Gasteiger partial charge in [0, 0.05) is 43.5 Å². The predicted molar refractivity (Wildman–Crippen MR) is 102 cm³/mol. The molecule has 5 heterocycles. The highest BCUT2D eigenvalue weighted by atomic mass is 32.1.